The van der Waals surface area contributed by atoms with Crippen molar-refractivity contribution in [3.63, 3.8) is 0 Å². The second kappa shape index (κ2) is 5.41. The quantitative estimate of drug-likeness (QED) is 0.654. The van der Waals surface area contributed by atoms with Gasteiger partial charge in [0, 0.05) is 5.02 Å². The van der Waals surface area contributed by atoms with E-state index in [0.717, 1.165) is 16.1 Å². The van der Waals surface area contributed by atoms with Crippen LogP contribution in [0.25, 0.3) is 17.2 Å². The lowest BCUT2D eigenvalue weighted by molar-refractivity contribution is 0.869. The van der Waals surface area contributed by atoms with Crippen LogP contribution < -0.4 is 0 Å². The van der Waals surface area contributed by atoms with Gasteiger partial charge in [0.15, 0.2) is 0 Å². The lowest BCUT2D eigenvalue weighted by Gasteiger charge is -2.13. The van der Waals surface area contributed by atoms with E-state index in [2.05, 4.69) is 50.8 Å². The first-order valence-electron chi connectivity index (χ1n) is 6.14. The van der Waals surface area contributed by atoms with Gasteiger partial charge in [0.25, 0.3) is 0 Å². The van der Waals surface area contributed by atoms with Crippen molar-refractivity contribution in [2.45, 2.75) is 19.8 Å². The van der Waals surface area contributed by atoms with Gasteiger partial charge in [0.05, 0.1) is 0 Å². The highest BCUT2D eigenvalue weighted by molar-refractivity contribution is 6.32. The van der Waals surface area contributed by atoms with Gasteiger partial charge >= 0.3 is 0 Å². The molecule has 0 unspecified atom stereocenters. The number of rotatable bonds is 3. The summed E-state index contributed by atoms with van der Waals surface area (Å²) in [5.74, 6) is 0.499. The molecule has 0 nitrogen and oxygen atoms in total. The van der Waals surface area contributed by atoms with Gasteiger partial charge in [0.2, 0.25) is 0 Å². The van der Waals surface area contributed by atoms with Gasteiger partial charge in [-0.3, -0.25) is 0 Å². The van der Waals surface area contributed by atoms with E-state index < -0.39 is 0 Å². The number of benzene rings is 2. The van der Waals surface area contributed by atoms with E-state index in [1.54, 1.807) is 6.08 Å². The predicted octanol–water partition coefficient (Wildman–Crippen LogP) is 5.77. The Morgan fingerprint density at radius 3 is 2.44 bits per heavy atom. The zero-order valence-electron chi connectivity index (χ0n) is 10.8. The standard InChI is InChI=1S/C17H17Cl/c1-4-13-9-10-14(11-17(13)18)16-8-6-5-7-15(16)12(2)3/h4-12H,1H2,2-3H3. The largest absolute Gasteiger partial charge is 0.0984 e. The molecule has 18 heavy (non-hydrogen) atoms. The minimum absolute atomic E-state index is 0.499. The predicted molar refractivity (Wildman–Crippen MR) is 81.1 cm³/mol. The van der Waals surface area contributed by atoms with E-state index in [1.165, 1.54) is 11.1 Å². The molecule has 2 rings (SSSR count). The Morgan fingerprint density at radius 1 is 1.11 bits per heavy atom. The molecule has 0 bridgehead atoms. The van der Waals surface area contributed by atoms with Crippen molar-refractivity contribution in [1.82, 2.24) is 0 Å². The number of hydrogen-bond donors (Lipinski definition) is 0. The molecule has 1 heteroatoms. The molecule has 0 fully saturated rings. The zero-order chi connectivity index (χ0) is 13.1. The van der Waals surface area contributed by atoms with Crippen LogP contribution in [0, 0.1) is 0 Å². The van der Waals surface area contributed by atoms with Crippen molar-refractivity contribution in [2.24, 2.45) is 0 Å². The summed E-state index contributed by atoms with van der Waals surface area (Å²) in [5, 5.41) is 0.751. The van der Waals surface area contributed by atoms with Crippen LogP contribution in [0.3, 0.4) is 0 Å². The maximum atomic E-state index is 6.24. The molecule has 0 aliphatic heterocycles. The third kappa shape index (κ3) is 2.49. The SMILES string of the molecule is C=Cc1ccc(-c2ccccc2C(C)C)cc1Cl. The van der Waals surface area contributed by atoms with Crippen LogP contribution in [0.1, 0.15) is 30.9 Å². The molecule has 0 amide bonds. The van der Waals surface area contributed by atoms with E-state index in [9.17, 15) is 0 Å². The van der Waals surface area contributed by atoms with Gasteiger partial charge in [-0.15, -0.1) is 0 Å². The van der Waals surface area contributed by atoms with E-state index >= 15 is 0 Å². The summed E-state index contributed by atoms with van der Waals surface area (Å²) >= 11 is 6.24. The molecule has 0 saturated heterocycles. The van der Waals surface area contributed by atoms with E-state index in [4.69, 9.17) is 11.6 Å². The van der Waals surface area contributed by atoms with Crippen LogP contribution in [0.15, 0.2) is 49.0 Å². The molecule has 0 N–H and O–H groups in total. The molecule has 0 spiro atoms. The van der Waals surface area contributed by atoms with Crippen LogP contribution in [-0.2, 0) is 0 Å². The third-order valence-corrected chi connectivity index (χ3v) is 3.44. The van der Waals surface area contributed by atoms with Crippen molar-refractivity contribution in [3.8, 4) is 11.1 Å². The fourth-order valence-corrected chi connectivity index (χ4v) is 2.38. The van der Waals surface area contributed by atoms with E-state index in [-0.39, 0.29) is 0 Å². The Hall–Kier alpha value is -1.53. The maximum Gasteiger partial charge on any atom is 0.0484 e. The number of halogens is 1. The molecule has 0 heterocycles. The van der Waals surface area contributed by atoms with Crippen molar-refractivity contribution in [1.29, 1.82) is 0 Å². The van der Waals surface area contributed by atoms with E-state index in [0.29, 0.717) is 5.92 Å². The van der Waals surface area contributed by atoms with Gasteiger partial charge in [-0.2, -0.15) is 0 Å². The zero-order valence-corrected chi connectivity index (χ0v) is 11.5. The smallest absolute Gasteiger partial charge is 0.0484 e. The fourth-order valence-electron chi connectivity index (χ4n) is 2.12. The summed E-state index contributed by atoms with van der Waals surface area (Å²) < 4.78 is 0. The molecule has 92 valence electrons. The summed E-state index contributed by atoms with van der Waals surface area (Å²) in [5.41, 5.74) is 4.74. The lowest BCUT2D eigenvalue weighted by Crippen LogP contribution is -1.92. The minimum atomic E-state index is 0.499. The van der Waals surface area contributed by atoms with Crippen LogP contribution in [0.5, 0.6) is 0 Å². The highest BCUT2D eigenvalue weighted by Gasteiger charge is 2.08. The van der Waals surface area contributed by atoms with Crippen molar-refractivity contribution in [2.75, 3.05) is 0 Å². The molecule has 2 aromatic carbocycles. The summed E-state index contributed by atoms with van der Waals surface area (Å²) in [7, 11) is 0. The Balaban J connectivity index is 2.55. The van der Waals surface area contributed by atoms with Crippen LogP contribution in [0.2, 0.25) is 5.02 Å². The second-order valence-corrected chi connectivity index (χ2v) is 5.09. The first-order valence-corrected chi connectivity index (χ1v) is 6.52. The summed E-state index contributed by atoms with van der Waals surface area (Å²) in [6.07, 6.45) is 1.78. The molecular formula is C17H17Cl. The Labute approximate surface area is 114 Å². The average Bonchev–Trinajstić information content (AvgIpc) is 2.38. The normalized spacial score (nSPS) is 10.7. The third-order valence-electron chi connectivity index (χ3n) is 3.11. The topological polar surface area (TPSA) is 0 Å². The fraction of sp³-hybridized carbons (Fsp3) is 0.176. The molecule has 0 saturated carbocycles. The summed E-state index contributed by atoms with van der Waals surface area (Å²) in [6, 6.07) is 14.6. The lowest BCUT2D eigenvalue weighted by atomic mass is 9.92. The Morgan fingerprint density at radius 2 is 1.83 bits per heavy atom. The van der Waals surface area contributed by atoms with Gasteiger partial charge in [-0.1, -0.05) is 74.5 Å². The maximum absolute atomic E-state index is 6.24. The summed E-state index contributed by atoms with van der Waals surface area (Å²) in [4.78, 5) is 0. The Kier molecular flexibility index (Phi) is 3.88. The first-order chi connectivity index (χ1) is 8.63. The molecular weight excluding hydrogens is 240 g/mol. The highest BCUT2D eigenvalue weighted by Crippen LogP contribution is 2.31. The monoisotopic (exact) mass is 256 g/mol. The van der Waals surface area contributed by atoms with Crippen LogP contribution in [-0.4, -0.2) is 0 Å². The second-order valence-electron chi connectivity index (χ2n) is 4.68. The Bertz CT molecular complexity index is 568. The highest BCUT2D eigenvalue weighted by atomic mass is 35.5. The van der Waals surface area contributed by atoms with Crippen LogP contribution >= 0.6 is 11.6 Å². The van der Waals surface area contributed by atoms with Gasteiger partial charge < -0.3 is 0 Å². The van der Waals surface area contributed by atoms with E-state index in [1.807, 2.05) is 12.1 Å². The van der Waals surface area contributed by atoms with Crippen LogP contribution in [0.4, 0.5) is 0 Å². The summed E-state index contributed by atoms with van der Waals surface area (Å²) in [6.45, 7) is 8.17. The molecule has 2 aromatic rings. The van der Waals surface area contributed by atoms with Gasteiger partial charge in [0.1, 0.15) is 0 Å². The number of hydrogen-bond acceptors (Lipinski definition) is 0. The molecule has 0 aliphatic rings. The van der Waals surface area contributed by atoms with Crippen molar-refractivity contribution >= 4 is 17.7 Å². The average molecular weight is 257 g/mol. The van der Waals surface area contributed by atoms with Gasteiger partial charge in [-0.05, 0) is 34.2 Å². The first kappa shape index (κ1) is 12.9. The molecule has 0 aliphatic carbocycles. The molecule has 0 atom stereocenters. The molecule has 0 radical (unpaired) electrons. The minimum Gasteiger partial charge on any atom is -0.0984 e. The van der Waals surface area contributed by atoms with Crippen molar-refractivity contribution < 1.29 is 0 Å². The molecule has 0 aromatic heterocycles. The van der Waals surface area contributed by atoms with Crippen molar-refractivity contribution in [3.05, 3.63) is 65.2 Å². The van der Waals surface area contributed by atoms with Gasteiger partial charge in [-0.25, -0.2) is 0 Å².